The molecule has 0 bridgehead atoms. The van der Waals surface area contributed by atoms with Gasteiger partial charge in [-0.1, -0.05) is 9.24 Å². The van der Waals surface area contributed by atoms with Crippen LogP contribution in [0.5, 0.6) is 5.75 Å². The van der Waals surface area contributed by atoms with Gasteiger partial charge in [-0.15, -0.1) is 11.3 Å². The smallest absolute Gasteiger partial charge is 0.352 e. The number of thiophene rings is 1. The zero-order valence-electron chi connectivity index (χ0n) is 6.53. The molecule has 66 valence electrons. The quantitative estimate of drug-likeness (QED) is 0.580. The molecule has 1 atom stereocenters. The monoisotopic (exact) mass is 204 g/mol. The molecule has 12 heavy (non-hydrogen) atoms. The first-order chi connectivity index (χ1) is 5.65. The number of aromatic hydroxyl groups is 1. The van der Waals surface area contributed by atoms with Crippen LogP contribution in [0.1, 0.15) is 16.6 Å². The molecule has 0 saturated carbocycles. The van der Waals surface area contributed by atoms with E-state index in [2.05, 4.69) is 9.24 Å². The Kier molecular flexibility index (Phi) is 3.06. The average Bonchev–Trinajstić information content (AvgIpc) is 2.30. The standard InChI is InChI=1S/C7H9O3PS/c1-2-10-7(9)6-4(8)3-5(11)12-6/h3,8H,2,11H2,1H3. The van der Waals surface area contributed by atoms with Gasteiger partial charge < -0.3 is 9.84 Å². The van der Waals surface area contributed by atoms with Crippen LogP contribution in [0, 0.1) is 0 Å². The van der Waals surface area contributed by atoms with Crippen molar-refractivity contribution in [1.82, 2.24) is 0 Å². The summed E-state index contributed by atoms with van der Waals surface area (Å²) in [6.45, 7) is 2.05. The van der Waals surface area contributed by atoms with Gasteiger partial charge in [0.25, 0.3) is 0 Å². The fourth-order valence-corrected chi connectivity index (χ4v) is 1.97. The van der Waals surface area contributed by atoms with E-state index in [0.29, 0.717) is 6.61 Å². The van der Waals surface area contributed by atoms with Gasteiger partial charge in [-0.2, -0.15) is 0 Å². The van der Waals surface area contributed by atoms with Gasteiger partial charge in [0.2, 0.25) is 0 Å². The van der Waals surface area contributed by atoms with E-state index in [0.717, 1.165) is 4.62 Å². The van der Waals surface area contributed by atoms with Gasteiger partial charge in [0, 0.05) is 4.62 Å². The summed E-state index contributed by atoms with van der Waals surface area (Å²) < 4.78 is 5.54. The van der Waals surface area contributed by atoms with Gasteiger partial charge >= 0.3 is 5.97 Å². The Bertz CT molecular complexity index is 295. The summed E-state index contributed by atoms with van der Waals surface area (Å²) in [5.74, 6) is -0.475. The largest absolute Gasteiger partial charge is 0.506 e. The normalized spacial score (nSPS) is 9.83. The molecule has 1 aromatic rings. The molecule has 0 spiro atoms. The fraction of sp³-hybridized carbons (Fsp3) is 0.286. The Morgan fingerprint density at radius 2 is 2.50 bits per heavy atom. The third kappa shape index (κ3) is 1.96. The first-order valence-corrected chi connectivity index (χ1v) is 4.80. The molecule has 1 rings (SSSR count). The highest BCUT2D eigenvalue weighted by atomic mass is 32.1. The molecular formula is C7H9O3PS. The second kappa shape index (κ2) is 3.87. The lowest BCUT2D eigenvalue weighted by molar-refractivity contribution is 0.0529. The Balaban J connectivity index is 2.87. The molecule has 5 heteroatoms. The van der Waals surface area contributed by atoms with Crippen molar-refractivity contribution < 1.29 is 14.6 Å². The summed E-state index contributed by atoms with van der Waals surface area (Å²) in [7, 11) is 2.42. The lowest BCUT2D eigenvalue weighted by Crippen LogP contribution is -2.02. The minimum Gasteiger partial charge on any atom is -0.506 e. The van der Waals surface area contributed by atoms with Crippen LogP contribution in [0.3, 0.4) is 0 Å². The number of carbonyl (C=O) groups excluding carboxylic acids is 1. The minimum atomic E-state index is -0.464. The van der Waals surface area contributed by atoms with Crippen LogP contribution in [0.15, 0.2) is 6.07 Å². The number of ether oxygens (including phenoxy) is 1. The van der Waals surface area contributed by atoms with Gasteiger partial charge in [-0.25, -0.2) is 4.79 Å². The van der Waals surface area contributed by atoms with Crippen molar-refractivity contribution in [2.45, 2.75) is 6.92 Å². The number of hydrogen-bond acceptors (Lipinski definition) is 4. The van der Waals surface area contributed by atoms with E-state index >= 15 is 0 Å². The molecule has 0 aliphatic heterocycles. The maximum Gasteiger partial charge on any atom is 0.352 e. The summed E-state index contributed by atoms with van der Waals surface area (Å²) in [5.41, 5.74) is 0. The van der Waals surface area contributed by atoms with Gasteiger partial charge in [-0.3, -0.25) is 0 Å². The van der Waals surface area contributed by atoms with Crippen molar-refractivity contribution in [3.63, 3.8) is 0 Å². The maximum atomic E-state index is 11.1. The van der Waals surface area contributed by atoms with Crippen molar-refractivity contribution >= 4 is 31.2 Å². The van der Waals surface area contributed by atoms with Gasteiger partial charge in [-0.05, 0) is 13.0 Å². The van der Waals surface area contributed by atoms with Crippen LogP contribution in [-0.4, -0.2) is 17.7 Å². The third-order valence-corrected chi connectivity index (χ3v) is 2.65. The van der Waals surface area contributed by atoms with Gasteiger partial charge in [0.15, 0.2) is 4.88 Å². The van der Waals surface area contributed by atoms with Crippen LogP contribution in [-0.2, 0) is 4.74 Å². The number of hydrogen-bond donors (Lipinski definition) is 1. The zero-order valence-corrected chi connectivity index (χ0v) is 8.50. The second-order valence-electron chi connectivity index (χ2n) is 2.08. The molecule has 1 heterocycles. The molecule has 0 fully saturated rings. The lowest BCUT2D eigenvalue weighted by Gasteiger charge is -1.97. The average molecular weight is 204 g/mol. The summed E-state index contributed by atoms with van der Waals surface area (Å²) in [4.78, 5) is 11.4. The van der Waals surface area contributed by atoms with Crippen LogP contribution in [0.4, 0.5) is 0 Å². The third-order valence-electron chi connectivity index (χ3n) is 1.19. The van der Waals surface area contributed by atoms with Crippen LogP contribution in [0.2, 0.25) is 0 Å². The van der Waals surface area contributed by atoms with Crippen molar-refractivity contribution in [2.24, 2.45) is 0 Å². The molecule has 3 nitrogen and oxygen atoms in total. The predicted molar refractivity (Wildman–Crippen MR) is 51.3 cm³/mol. The van der Waals surface area contributed by atoms with E-state index in [9.17, 15) is 9.90 Å². The zero-order chi connectivity index (χ0) is 9.14. The molecule has 0 aliphatic carbocycles. The molecule has 1 aromatic heterocycles. The molecule has 1 N–H and O–H groups in total. The van der Waals surface area contributed by atoms with Crippen LogP contribution >= 0.6 is 20.6 Å². The predicted octanol–water partition coefficient (Wildman–Crippen LogP) is 1.13. The molecule has 0 aliphatic rings. The maximum absolute atomic E-state index is 11.1. The number of rotatable bonds is 2. The number of carbonyl (C=O) groups is 1. The lowest BCUT2D eigenvalue weighted by atomic mass is 10.4. The van der Waals surface area contributed by atoms with E-state index in [1.54, 1.807) is 6.92 Å². The molecule has 0 radical (unpaired) electrons. The Labute approximate surface area is 76.6 Å². The van der Waals surface area contributed by atoms with Crippen LogP contribution < -0.4 is 4.62 Å². The highest BCUT2D eigenvalue weighted by molar-refractivity contribution is 7.43. The Morgan fingerprint density at radius 3 is 2.92 bits per heavy atom. The van der Waals surface area contributed by atoms with Crippen molar-refractivity contribution in [3.8, 4) is 5.75 Å². The van der Waals surface area contributed by atoms with E-state index in [1.165, 1.54) is 17.4 Å². The van der Waals surface area contributed by atoms with Crippen molar-refractivity contribution in [2.75, 3.05) is 6.61 Å². The van der Waals surface area contributed by atoms with Crippen molar-refractivity contribution in [1.29, 1.82) is 0 Å². The minimum absolute atomic E-state index is 0.0107. The van der Waals surface area contributed by atoms with E-state index in [4.69, 9.17) is 4.74 Å². The molecule has 1 unspecified atom stereocenters. The highest BCUT2D eigenvalue weighted by Gasteiger charge is 2.14. The van der Waals surface area contributed by atoms with E-state index < -0.39 is 5.97 Å². The van der Waals surface area contributed by atoms with Gasteiger partial charge in [0.05, 0.1) is 6.61 Å². The Hall–Kier alpha value is -0.600. The summed E-state index contributed by atoms with van der Waals surface area (Å²) in [6.07, 6.45) is 0. The summed E-state index contributed by atoms with van der Waals surface area (Å²) in [6, 6.07) is 1.52. The van der Waals surface area contributed by atoms with E-state index in [1.807, 2.05) is 0 Å². The first-order valence-electron chi connectivity index (χ1n) is 3.40. The topological polar surface area (TPSA) is 46.5 Å². The highest BCUT2D eigenvalue weighted by Crippen LogP contribution is 2.23. The summed E-state index contributed by atoms with van der Waals surface area (Å²) >= 11 is 1.20. The second-order valence-corrected chi connectivity index (χ2v) is 4.21. The van der Waals surface area contributed by atoms with E-state index in [-0.39, 0.29) is 10.6 Å². The SMILES string of the molecule is CCOC(=O)c1sc(P)cc1O. The summed E-state index contributed by atoms with van der Waals surface area (Å²) in [5, 5.41) is 9.22. The first kappa shape index (κ1) is 9.49. The van der Waals surface area contributed by atoms with Gasteiger partial charge in [0.1, 0.15) is 5.75 Å². The van der Waals surface area contributed by atoms with Crippen LogP contribution in [0.25, 0.3) is 0 Å². The fourth-order valence-electron chi connectivity index (χ4n) is 0.743. The molecule has 0 aromatic carbocycles. The molecule has 0 saturated heterocycles. The molecular weight excluding hydrogens is 195 g/mol. The van der Waals surface area contributed by atoms with Crippen molar-refractivity contribution in [3.05, 3.63) is 10.9 Å². The Morgan fingerprint density at radius 1 is 1.83 bits per heavy atom. The molecule has 0 amide bonds. The number of esters is 1.